The van der Waals surface area contributed by atoms with Gasteiger partial charge in [-0.2, -0.15) is 5.26 Å². The van der Waals surface area contributed by atoms with Gasteiger partial charge in [0.1, 0.15) is 0 Å². The molecule has 0 bridgehead atoms. The van der Waals surface area contributed by atoms with Crippen LogP contribution in [0, 0.1) is 11.3 Å². The molecule has 0 aliphatic heterocycles. The van der Waals surface area contributed by atoms with E-state index in [0.29, 0.717) is 5.02 Å². The van der Waals surface area contributed by atoms with Gasteiger partial charge in [-0.05, 0) is 34.4 Å². The van der Waals surface area contributed by atoms with Gasteiger partial charge in [-0.3, -0.25) is 0 Å². The van der Waals surface area contributed by atoms with Crippen molar-refractivity contribution in [1.29, 1.82) is 5.26 Å². The Kier molecular flexibility index (Phi) is 1.99. The summed E-state index contributed by atoms with van der Waals surface area (Å²) in [7, 11) is 0. The number of fused-ring (bicyclic) bond motifs is 3. The molecule has 0 heterocycles. The molecule has 16 heavy (non-hydrogen) atoms. The van der Waals surface area contributed by atoms with Crippen LogP contribution in [0.25, 0.3) is 11.1 Å². The summed E-state index contributed by atoms with van der Waals surface area (Å²) >= 11 is 5.98. The Morgan fingerprint density at radius 3 is 2.56 bits per heavy atom. The Labute approximate surface area is 98.9 Å². The van der Waals surface area contributed by atoms with E-state index in [1.807, 2.05) is 36.4 Å². The molecule has 3 rings (SSSR count). The predicted octanol–water partition coefficient (Wildman–Crippen LogP) is 3.98. The summed E-state index contributed by atoms with van der Waals surface area (Å²) in [5.41, 5.74) is 4.39. The Balaban J connectivity index is 2.35. The highest BCUT2D eigenvalue weighted by atomic mass is 35.5. The maximum Gasteiger partial charge on any atom is 0.0975 e. The third-order valence-corrected chi connectivity index (χ3v) is 3.25. The van der Waals surface area contributed by atoms with Crippen LogP contribution in [0.1, 0.15) is 17.0 Å². The first kappa shape index (κ1) is 9.45. The fourth-order valence-electron chi connectivity index (χ4n) is 2.32. The fourth-order valence-corrected chi connectivity index (χ4v) is 2.50. The summed E-state index contributed by atoms with van der Waals surface area (Å²) < 4.78 is 0. The van der Waals surface area contributed by atoms with Crippen LogP contribution in [0.5, 0.6) is 0 Å². The van der Waals surface area contributed by atoms with E-state index in [2.05, 4.69) is 12.1 Å². The van der Waals surface area contributed by atoms with E-state index in [1.54, 1.807) is 0 Å². The number of benzene rings is 2. The number of halogens is 1. The van der Waals surface area contributed by atoms with Gasteiger partial charge in [0.15, 0.2) is 0 Å². The van der Waals surface area contributed by atoms with Crippen molar-refractivity contribution in [3.8, 4) is 17.2 Å². The third-order valence-electron chi connectivity index (χ3n) is 3.02. The summed E-state index contributed by atoms with van der Waals surface area (Å²) in [6.45, 7) is 0. The van der Waals surface area contributed by atoms with Crippen molar-refractivity contribution in [2.24, 2.45) is 0 Å². The normalized spacial score (nSPS) is 16.4. The Hall–Kier alpha value is -1.78. The molecule has 76 valence electrons. The van der Waals surface area contributed by atoms with Crippen molar-refractivity contribution in [3.05, 3.63) is 58.6 Å². The average Bonchev–Trinajstić information content (AvgIpc) is 2.61. The zero-order valence-corrected chi connectivity index (χ0v) is 9.20. The van der Waals surface area contributed by atoms with Crippen LogP contribution in [0.15, 0.2) is 42.5 Å². The fraction of sp³-hybridized carbons (Fsp3) is 0.0714. The molecule has 0 amide bonds. The topological polar surface area (TPSA) is 23.8 Å². The van der Waals surface area contributed by atoms with Crippen LogP contribution in [-0.2, 0) is 0 Å². The van der Waals surface area contributed by atoms with Crippen LogP contribution in [0.2, 0.25) is 5.02 Å². The smallest absolute Gasteiger partial charge is 0.0975 e. The van der Waals surface area contributed by atoms with E-state index in [0.717, 1.165) is 22.3 Å². The molecule has 0 spiro atoms. The van der Waals surface area contributed by atoms with Gasteiger partial charge in [-0.15, -0.1) is 0 Å². The minimum atomic E-state index is -0.176. The Morgan fingerprint density at radius 2 is 1.75 bits per heavy atom. The third kappa shape index (κ3) is 1.17. The molecule has 1 nitrogen and oxygen atoms in total. The summed E-state index contributed by atoms with van der Waals surface area (Å²) in [4.78, 5) is 0. The monoisotopic (exact) mass is 225 g/mol. The molecule has 0 aromatic heterocycles. The van der Waals surface area contributed by atoms with E-state index in [4.69, 9.17) is 11.6 Å². The maximum atomic E-state index is 9.26. The van der Waals surface area contributed by atoms with Gasteiger partial charge in [-0.1, -0.05) is 41.9 Å². The number of nitrogens with zero attached hydrogens (tertiary/aromatic N) is 1. The average molecular weight is 226 g/mol. The van der Waals surface area contributed by atoms with E-state index in [9.17, 15) is 5.26 Å². The van der Waals surface area contributed by atoms with Gasteiger partial charge in [0.25, 0.3) is 0 Å². The van der Waals surface area contributed by atoms with E-state index < -0.39 is 0 Å². The molecular formula is C14H8ClN. The lowest BCUT2D eigenvalue weighted by molar-refractivity contribution is 1.08. The number of nitriles is 1. The zero-order valence-electron chi connectivity index (χ0n) is 8.44. The molecule has 0 saturated carbocycles. The van der Waals surface area contributed by atoms with Crippen molar-refractivity contribution in [2.45, 2.75) is 5.92 Å². The summed E-state index contributed by atoms with van der Waals surface area (Å²) in [6.07, 6.45) is 0. The molecule has 2 aromatic carbocycles. The first-order valence-electron chi connectivity index (χ1n) is 5.09. The number of hydrogen-bond acceptors (Lipinski definition) is 1. The van der Waals surface area contributed by atoms with Crippen LogP contribution in [0.3, 0.4) is 0 Å². The maximum absolute atomic E-state index is 9.26. The van der Waals surface area contributed by atoms with Crippen LogP contribution in [0.4, 0.5) is 0 Å². The molecule has 0 saturated heterocycles. The second-order valence-electron chi connectivity index (χ2n) is 3.88. The number of rotatable bonds is 0. The standard InChI is InChI=1S/C14H8ClN/c15-9-5-6-12-10-3-1-2-4-11(10)14(8-16)13(12)7-9/h1-7,14H. The SMILES string of the molecule is N#CC1c2ccccc2-c2ccc(Cl)cc21. The van der Waals surface area contributed by atoms with Gasteiger partial charge < -0.3 is 0 Å². The molecule has 2 aromatic rings. The largest absolute Gasteiger partial charge is 0.197 e. The van der Waals surface area contributed by atoms with Crippen LogP contribution >= 0.6 is 11.6 Å². The summed E-state index contributed by atoms with van der Waals surface area (Å²) in [5, 5.41) is 9.94. The highest BCUT2D eigenvalue weighted by Gasteiger charge is 2.28. The first-order valence-corrected chi connectivity index (χ1v) is 5.47. The van der Waals surface area contributed by atoms with Gasteiger partial charge in [0.2, 0.25) is 0 Å². The molecule has 1 atom stereocenters. The second-order valence-corrected chi connectivity index (χ2v) is 4.32. The van der Waals surface area contributed by atoms with Crippen molar-refractivity contribution < 1.29 is 0 Å². The Morgan fingerprint density at radius 1 is 1.00 bits per heavy atom. The Bertz CT molecular complexity index is 610. The minimum absolute atomic E-state index is 0.176. The van der Waals surface area contributed by atoms with Gasteiger partial charge in [0, 0.05) is 5.02 Å². The quantitative estimate of drug-likeness (QED) is 0.666. The molecule has 1 aliphatic carbocycles. The minimum Gasteiger partial charge on any atom is -0.197 e. The first-order chi connectivity index (χ1) is 7.81. The van der Waals surface area contributed by atoms with Gasteiger partial charge >= 0.3 is 0 Å². The van der Waals surface area contributed by atoms with E-state index in [1.165, 1.54) is 0 Å². The van der Waals surface area contributed by atoms with E-state index >= 15 is 0 Å². The lowest BCUT2D eigenvalue weighted by atomic mass is 9.99. The molecule has 0 radical (unpaired) electrons. The molecule has 2 heteroatoms. The second kappa shape index (κ2) is 3.37. The molecule has 1 unspecified atom stereocenters. The lowest BCUT2D eigenvalue weighted by Crippen LogP contribution is -1.91. The van der Waals surface area contributed by atoms with Crippen LogP contribution < -0.4 is 0 Å². The molecular weight excluding hydrogens is 218 g/mol. The van der Waals surface area contributed by atoms with Gasteiger partial charge in [0.05, 0.1) is 12.0 Å². The van der Waals surface area contributed by atoms with Crippen molar-refractivity contribution in [3.63, 3.8) is 0 Å². The highest BCUT2D eigenvalue weighted by molar-refractivity contribution is 6.30. The zero-order chi connectivity index (χ0) is 11.1. The molecule has 0 fully saturated rings. The highest BCUT2D eigenvalue weighted by Crippen LogP contribution is 2.44. The summed E-state index contributed by atoms with van der Waals surface area (Å²) in [6, 6.07) is 16.1. The summed E-state index contributed by atoms with van der Waals surface area (Å²) in [5.74, 6) is -0.176. The molecule has 1 aliphatic rings. The van der Waals surface area contributed by atoms with Crippen molar-refractivity contribution >= 4 is 11.6 Å². The number of hydrogen-bond donors (Lipinski definition) is 0. The van der Waals surface area contributed by atoms with Crippen molar-refractivity contribution in [1.82, 2.24) is 0 Å². The molecule has 0 N–H and O–H groups in total. The lowest BCUT2D eigenvalue weighted by Gasteiger charge is -2.02. The van der Waals surface area contributed by atoms with Crippen molar-refractivity contribution in [2.75, 3.05) is 0 Å². The van der Waals surface area contributed by atoms with Gasteiger partial charge in [-0.25, -0.2) is 0 Å². The van der Waals surface area contributed by atoms with Crippen LogP contribution in [-0.4, -0.2) is 0 Å². The van der Waals surface area contributed by atoms with E-state index in [-0.39, 0.29) is 5.92 Å². The predicted molar refractivity (Wildman–Crippen MR) is 64.3 cm³/mol.